The van der Waals surface area contributed by atoms with Crippen LogP contribution < -0.4 is 21.1 Å². The molecule has 0 aliphatic rings. The molecule has 0 unspecified atom stereocenters. The lowest BCUT2D eigenvalue weighted by Gasteiger charge is -2.24. The number of ether oxygens (including phenoxy) is 1. The van der Waals surface area contributed by atoms with E-state index in [0.717, 1.165) is 11.6 Å². The van der Waals surface area contributed by atoms with Crippen LogP contribution in [0.2, 0.25) is 5.82 Å². The average Bonchev–Trinajstić information content (AvgIpc) is 2.78. The molecule has 1 rings (SSSR count). The lowest BCUT2D eigenvalue weighted by Crippen LogP contribution is -2.52. The Hall–Kier alpha value is -3.11. The van der Waals surface area contributed by atoms with E-state index in [1.165, 1.54) is 7.48 Å². The summed E-state index contributed by atoms with van der Waals surface area (Å²) in [6.07, 6.45) is 3.38. The minimum atomic E-state index is -1.26. The van der Waals surface area contributed by atoms with Crippen molar-refractivity contribution in [2.75, 3.05) is 13.3 Å². The minimum absolute atomic E-state index is 0.0684. The largest absolute Gasteiger partial charge is 0.490 e. The SMILES string of the molecule is C=CCOc1ccc(C[C@H]([B]OCN)C(=O)N[C@@H](CC(C)C)C(=O)N[C@@H](C=C)C(=O)O)cc1. The first-order chi connectivity index (χ1) is 15.7. The molecule has 0 aliphatic heterocycles. The van der Waals surface area contributed by atoms with Crippen LogP contribution in [0.25, 0.3) is 0 Å². The molecular weight excluding hydrogens is 425 g/mol. The van der Waals surface area contributed by atoms with Gasteiger partial charge in [-0.05, 0) is 36.5 Å². The van der Waals surface area contributed by atoms with Crippen LogP contribution >= 0.6 is 0 Å². The highest BCUT2D eigenvalue weighted by molar-refractivity contribution is 6.37. The highest BCUT2D eigenvalue weighted by Gasteiger charge is 2.29. The maximum Gasteiger partial charge on any atom is 0.330 e. The van der Waals surface area contributed by atoms with Gasteiger partial charge in [-0.1, -0.05) is 44.7 Å². The van der Waals surface area contributed by atoms with Crippen LogP contribution in [0.3, 0.4) is 0 Å². The molecule has 1 aromatic rings. The quantitative estimate of drug-likeness (QED) is 0.167. The lowest BCUT2D eigenvalue weighted by atomic mass is 9.75. The first-order valence-corrected chi connectivity index (χ1v) is 10.7. The molecule has 179 valence electrons. The van der Waals surface area contributed by atoms with Gasteiger partial charge in [-0.3, -0.25) is 9.59 Å². The van der Waals surface area contributed by atoms with Gasteiger partial charge in [0.2, 0.25) is 11.8 Å². The van der Waals surface area contributed by atoms with E-state index >= 15 is 0 Å². The standard InChI is InChI=1S/C23H33BN3O6/c1-5-11-32-17-9-7-16(8-10-17)13-18(24-33-14-25)21(28)27-20(12-15(3)4)22(29)26-19(6-2)23(30)31/h5-10,15,18-20H,1-2,11-14,25H2,3-4H3,(H,26,29)(H,27,28)(H,30,31)/t18-,19-,20-/m0/s1. The highest BCUT2D eigenvalue weighted by atomic mass is 16.5. The van der Waals surface area contributed by atoms with Crippen molar-refractivity contribution < 1.29 is 28.9 Å². The molecule has 1 aromatic carbocycles. The molecule has 3 atom stereocenters. The molecule has 0 fully saturated rings. The number of nitrogens with two attached hydrogens (primary N) is 1. The number of nitrogens with one attached hydrogen (secondary N) is 2. The van der Waals surface area contributed by atoms with Crippen LogP contribution in [0.1, 0.15) is 25.8 Å². The molecule has 10 heteroatoms. The van der Waals surface area contributed by atoms with E-state index in [-0.39, 0.29) is 12.6 Å². The van der Waals surface area contributed by atoms with Crippen LogP contribution in [0.4, 0.5) is 0 Å². The maximum atomic E-state index is 13.0. The summed E-state index contributed by atoms with van der Waals surface area (Å²) < 4.78 is 10.6. The number of carboxylic acids is 1. The topological polar surface area (TPSA) is 140 Å². The summed E-state index contributed by atoms with van der Waals surface area (Å²) in [5.41, 5.74) is 6.26. The Bertz CT molecular complexity index is 800. The summed E-state index contributed by atoms with van der Waals surface area (Å²) in [5, 5.41) is 14.3. The molecule has 0 aliphatic carbocycles. The zero-order valence-electron chi connectivity index (χ0n) is 19.2. The highest BCUT2D eigenvalue weighted by Crippen LogP contribution is 2.19. The summed E-state index contributed by atoms with van der Waals surface area (Å²) in [7, 11) is 1.34. The lowest BCUT2D eigenvalue weighted by molar-refractivity contribution is -0.140. The number of carbonyl (C=O) groups is 3. The Morgan fingerprint density at radius 3 is 2.33 bits per heavy atom. The van der Waals surface area contributed by atoms with Crippen molar-refractivity contribution in [1.29, 1.82) is 0 Å². The van der Waals surface area contributed by atoms with E-state index in [0.29, 0.717) is 25.2 Å². The molecule has 0 saturated carbocycles. The van der Waals surface area contributed by atoms with Crippen molar-refractivity contribution in [3.63, 3.8) is 0 Å². The first kappa shape index (κ1) is 27.9. The van der Waals surface area contributed by atoms with E-state index in [4.69, 9.17) is 20.2 Å². The Labute approximate surface area is 195 Å². The molecule has 0 spiro atoms. The van der Waals surface area contributed by atoms with Crippen molar-refractivity contribution in [2.45, 2.75) is 44.6 Å². The second kappa shape index (κ2) is 14.9. The van der Waals surface area contributed by atoms with Gasteiger partial charge in [0.1, 0.15) is 24.4 Å². The van der Waals surface area contributed by atoms with Gasteiger partial charge in [-0.2, -0.15) is 0 Å². The van der Waals surface area contributed by atoms with Crippen LogP contribution in [0.15, 0.2) is 49.6 Å². The maximum absolute atomic E-state index is 13.0. The summed E-state index contributed by atoms with van der Waals surface area (Å²) >= 11 is 0. The second-order valence-corrected chi connectivity index (χ2v) is 7.77. The fraction of sp³-hybridized carbons (Fsp3) is 0.435. The number of hydrogen-bond donors (Lipinski definition) is 4. The van der Waals surface area contributed by atoms with E-state index in [1.807, 2.05) is 26.0 Å². The third kappa shape index (κ3) is 10.4. The van der Waals surface area contributed by atoms with Gasteiger partial charge in [0.15, 0.2) is 0 Å². The number of hydrogen-bond acceptors (Lipinski definition) is 6. The first-order valence-electron chi connectivity index (χ1n) is 10.7. The van der Waals surface area contributed by atoms with Crippen LogP contribution in [-0.2, 0) is 25.5 Å². The third-order valence-corrected chi connectivity index (χ3v) is 4.58. The zero-order chi connectivity index (χ0) is 24.8. The smallest absolute Gasteiger partial charge is 0.330 e. The van der Waals surface area contributed by atoms with Crippen LogP contribution in [0, 0.1) is 5.92 Å². The average molecular weight is 458 g/mol. The summed E-state index contributed by atoms with van der Waals surface area (Å²) in [6.45, 7) is 11.1. The molecule has 1 radical (unpaired) electrons. The van der Waals surface area contributed by atoms with Gasteiger partial charge < -0.3 is 30.9 Å². The van der Waals surface area contributed by atoms with Crippen LogP contribution in [-0.4, -0.2) is 55.8 Å². The van der Waals surface area contributed by atoms with Crippen molar-refractivity contribution in [2.24, 2.45) is 11.7 Å². The van der Waals surface area contributed by atoms with Gasteiger partial charge in [0, 0.05) is 5.82 Å². The van der Waals surface area contributed by atoms with Gasteiger partial charge in [-0.25, -0.2) is 4.79 Å². The zero-order valence-corrected chi connectivity index (χ0v) is 19.2. The van der Waals surface area contributed by atoms with Crippen molar-refractivity contribution >= 4 is 25.3 Å². The molecule has 9 nitrogen and oxygen atoms in total. The summed E-state index contributed by atoms with van der Waals surface area (Å²) in [5.74, 6) is -2.28. The second-order valence-electron chi connectivity index (χ2n) is 7.77. The normalized spacial score (nSPS) is 13.3. The number of amides is 2. The van der Waals surface area contributed by atoms with Crippen LogP contribution in [0.5, 0.6) is 5.75 Å². The fourth-order valence-corrected chi connectivity index (χ4v) is 2.96. The Morgan fingerprint density at radius 1 is 1.15 bits per heavy atom. The molecular formula is C23H33BN3O6. The monoisotopic (exact) mass is 458 g/mol. The number of carbonyl (C=O) groups excluding carboxylic acids is 2. The predicted octanol–water partition coefficient (Wildman–Crippen LogP) is 1.42. The van der Waals surface area contributed by atoms with Gasteiger partial charge in [0.25, 0.3) is 0 Å². The predicted molar refractivity (Wildman–Crippen MR) is 127 cm³/mol. The van der Waals surface area contributed by atoms with Crippen molar-refractivity contribution in [3.05, 3.63) is 55.1 Å². The van der Waals surface area contributed by atoms with Crippen molar-refractivity contribution in [1.82, 2.24) is 10.6 Å². The number of aliphatic carboxylic acids is 1. The molecule has 0 bridgehead atoms. The van der Waals surface area contributed by atoms with Crippen molar-refractivity contribution in [3.8, 4) is 5.75 Å². The van der Waals surface area contributed by atoms with E-state index in [1.54, 1.807) is 18.2 Å². The molecule has 5 N–H and O–H groups in total. The molecule has 0 heterocycles. The fourth-order valence-electron chi connectivity index (χ4n) is 2.96. The molecule has 0 saturated heterocycles. The summed E-state index contributed by atoms with van der Waals surface area (Å²) in [4.78, 5) is 36.9. The number of carboxylic acid groups (broad SMARTS) is 1. The summed E-state index contributed by atoms with van der Waals surface area (Å²) in [6, 6.07) is 5.04. The van der Waals surface area contributed by atoms with Gasteiger partial charge in [-0.15, -0.1) is 6.58 Å². The molecule has 0 aromatic heterocycles. The Balaban J connectivity index is 2.94. The van der Waals surface area contributed by atoms with E-state index in [9.17, 15) is 14.4 Å². The number of benzene rings is 1. The van der Waals surface area contributed by atoms with E-state index < -0.39 is 35.7 Å². The van der Waals surface area contributed by atoms with Gasteiger partial charge in [0.05, 0.1) is 6.73 Å². The Morgan fingerprint density at radius 2 is 1.82 bits per heavy atom. The minimum Gasteiger partial charge on any atom is -0.490 e. The Kier molecular flexibility index (Phi) is 12.6. The number of rotatable bonds is 16. The van der Waals surface area contributed by atoms with Gasteiger partial charge >= 0.3 is 13.5 Å². The third-order valence-electron chi connectivity index (χ3n) is 4.58. The van der Waals surface area contributed by atoms with E-state index in [2.05, 4.69) is 23.8 Å². The molecule has 33 heavy (non-hydrogen) atoms. The molecule has 2 amide bonds.